The Balaban J connectivity index is 2.15. The summed E-state index contributed by atoms with van der Waals surface area (Å²) in [5.41, 5.74) is -0.693. The Morgan fingerprint density at radius 3 is 2.58 bits per heavy atom. The Morgan fingerprint density at radius 2 is 2.04 bits per heavy atom. The first kappa shape index (κ1) is 17.7. The summed E-state index contributed by atoms with van der Waals surface area (Å²) in [5, 5.41) is 14.9. The minimum atomic E-state index is -1.34. The second-order valence-corrected chi connectivity index (χ2v) is 6.55. The highest BCUT2D eigenvalue weighted by Crippen LogP contribution is 2.28. The molecule has 128 valence electrons. The molecule has 0 saturated carbocycles. The number of rotatable bonds is 6. The molecule has 1 atom stereocenters. The lowest BCUT2D eigenvalue weighted by atomic mass is 9.99. The predicted molar refractivity (Wildman–Crippen MR) is 89.5 cm³/mol. The lowest BCUT2D eigenvalue weighted by molar-refractivity contribution is -0.143. The minimum absolute atomic E-state index is 0.163. The molecular weight excluding hydrogens is 332 g/mol. The van der Waals surface area contributed by atoms with Crippen LogP contribution in [0, 0.1) is 6.92 Å². The molecular formula is C16H18N2O5S. The van der Waals surface area contributed by atoms with Crippen LogP contribution >= 0.6 is 11.3 Å². The fraction of sp³-hybridized carbons (Fsp3) is 0.312. The van der Waals surface area contributed by atoms with Gasteiger partial charge in [0.2, 0.25) is 0 Å². The van der Waals surface area contributed by atoms with E-state index in [1.807, 2.05) is 0 Å². The van der Waals surface area contributed by atoms with Crippen molar-refractivity contribution in [2.45, 2.75) is 32.7 Å². The second kappa shape index (κ2) is 6.88. The van der Waals surface area contributed by atoms with Gasteiger partial charge in [0, 0.05) is 0 Å². The number of aryl methyl sites for hydroxylation is 1. The summed E-state index contributed by atoms with van der Waals surface area (Å²) in [6, 6.07) is 4.79. The fourth-order valence-electron chi connectivity index (χ4n) is 1.95. The largest absolute Gasteiger partial charge is 0.480 e. The van der Waals surface area contributed by atoms with Crippen LogP contribution in [0.25, 0.3) is 0 Å². The van der Waals surface area contributed by atoms with Crippen molar-refractivity contribution < 1.29 is 23.9 Å². The molecule has 8 heteroatoms. The third-order valence-corrected chi connectivity index (χ3v) is 4.83. The Bertz CT molecular complexity index is 766. The highest BCUT2D eigenvalue weighted by atomic mass is 32.1. The third-order valence-electron chi connectivity index (χ3n) is 3.67. The Hall–Kier alpha value is -2.61. The van der Waals surface area contributed by atoms with Gasteiger partial charge < -0.3 is 20.2 Å². The van der Waals surface area contributed by atoms with Crippen LogP contribution in [0.5, 0.6) is 0 Å². The van der Waals surface area contributed by atoms with Crippen LogP contribution in [0.4, 0.5) is 5.00 Å². The van der Waals surface area contributed by atoms with Crippen LogP contribution in [0.15, 0.2) is 28.9 Å². The number of carboxylic acid groups (broad SMARTS) is 1. The molecule has 0 aliphatic heterocycles. The first-order valence-electron chi connectivity index (χ1n) is 7.28. The number of carbonyl (C=O) groups excluding carboxylic acids is 2. The van der Waals surface area contributed by atoms with Gasteiger partial charge in [-0.05, 0) is 44.0 Å². The maximum atomic E-state index is 12.4. The van der Waals surface area contributed by atoms with E-state index in [1.54, 1.807) is 26.0 Å². The van der Waals surface area contributed by atoms with E-state index in [0.29, 0.717) is 15.4 Å². The van der Waals surface area contributed by atoms with Crippen molar-refractivity contribution in [1.82, 2.24) is 5.32 Å². The van der Waals surface area contributed by atoms with E-state index in [2.05, 4.69) is 10.6 Å². The highest BCUT2D eigenvalue weighted by molar-refractivity contribution is 7.18. The van der Waals surface area contributed by atoms with E-state index in [9.17, 15) is 19.5 Å². The highest BCUT2D eigenvalue weighted by Gasteiger charge is 2.33. The van der Waals surface area contributed by atoms with Gasteiger partial charge in [0.1, 0.15) is 5.54 Å². The SMILES string of the molecule is CCC(C)(NC(=O)c1sc(NC(=O)c2ccco2)cc1C)C(=O)O. The summed E-state index contributed by atoms with van der Waals surface area (Å²) < 4.78 is 5.01. The number of hydrogen-bond donors (Lipinski definition) is 3. The zero-order chi connectivity index (χ0) is 17.9. The van der Waals surface area contributed by atoms with Gasteiger partial charge in [-0.15, -0.1) is 11.3 Å². The normalized spacial score (nSPS) is 13.1. The van der Waals surface area contributed by atoms with Gasteiger partial charge >= 0.3 is 5.97 Å². The van der Waals surface area contributed by atoms with Gasteiger partial charge in [-0.25, -0.2) is 4.79 Å². The van der Waals surface area contributed by atoms with Gasteiger partial charge in [-0.1, -0.05) is 6.92 Å². The molecule has 1 unspecified atom stereocenters. The van der Waals surface area contributed by atoms with Gasteiger partial charge in [0.05, 0.1) is 16.1 Å². The number of carbonyl (C=O) groups is 3. The van der Waals surface area contributed by atoms with Crippen molar-refractivity contribution in [3.63, 3.8) is 0 Å². The molecule has 2 aromatic heterocycles. The molecule has 2 aromatic rings. The number of thiophene rings is 1. The van der Waals surface area contributed by atoms with Crippen LogP contribution in [-0.4, -0.2) is 28.4 Å². The third kappa shape index (κ3) is 3.65. The molecule has 0 radical (unpaired) electrons. The maximum Gasteiger partial charge on any atom is 0.329 e. The molecule has 7 nitrogen and oxygen atoms in total. The molecule has 0 aromatic carbocycles. The number of aliphatic carboxylic acids is 1. The van der Waals surface area contributed by atoms with E-state index in [-0.39, 0.29) is 12.2 Å². The summed E-state index contributed by atoms with van der Waals surface area (Å²) in [6.07, 6.45) is 1.64. The number of anilines is 1. The van der Waals surface area contributed by atoms with Gasteiger partial charge in [0.25, 0.3) is 11.8 Å². The van der Waals surface area contributed by atoms with E-state index >= 15 is 0 Å². The second-order valence-electron chi connectivity index (χ2n) is 5.50. The van der Waals surface area contributed by atoms with Crippen molar-refractivity contribution in [2.75, 3.05) is 5.32 Å². The van der Waals surface area contributed by atoms with Crippen LogP contribution in [-0.2, 0) is 4.79 Å². The Kier molecular flexibility index (Phi) is 5.08. The quantitative estimate of drug-likeness (QED) is 0.742. The maximum absolute atomic E-state index is 12.4. The minimum Gasteiger partial charge on any atom is -0.480 e. The fourth-order valence-corrected chi connectivity index (χ4v) is 2.91. The summed E-state index contributed by atoms with van der Waals surface area (Å²) in [5.74, 6) is -1.84. The van der Waals surface area contributed by atoms with Crippen LogP contribution in [0.2, 0.25) is 0 Å². The van der Waals surface area contributed by atoms with Crippen molar-refractivity contribution in [3.05, 3.63) is 40.7 Å². The molecule has 3 N–H and O–H groups in total. The topological polar surface area (TPSA) is 109 Å². The van der Waals surface area contributed by atoms with E-state index < -0.39 is 23.3 Å². The van der Waals surface area contributed by atoms with Crippen molar-refractivity contribution >= 4 is 34.1 Å². The Labute approximate surface area is 142 Å². The smallest absolute Gasteiger partial charge is 0.329 e. The molecule has 0 fully saturated rings. The number of nitrogens with one attached hydrogen (secondary N) is 2. The zero-order valence-corrected chi connectivity index (χ0v) is 14.3. The molecule has 2 amide bonds. The Morgan fingerprint density at radius 1 is 1.33 bits per heavy atom. The average Bonchev–Trinajstić information content (AvgIpc) is 3.16. The molecule has 0 spiro atoms. The molecule has 2 rings (SSSR count). The first-order chi connectivity index (χ1) is 11.3. The molecule has 24 heavy (non-hydrogen) atoms. The zero-order valence-electron chi connectivity index (χ0n) is 13.5. The van der Waals surface area contributed by atoms with Crippen molar-refractivity contribution in [2.24, 2.45) is 0 Å². The lowest BCUT2D eigenvalue weighted by Crippen LogP contribution is -2.51. The van der Waals surface area contributed by atoms with Gasteiger partial charge in [0.15, 0.2) is 5.76 Å². The first-order valence-corrected chi connectivity index (χ1v) is 8.09. The van der Waals surface area contributed by atoms with E-state index in [0.717, 1.165) is 11.3 Å². The summed E-state index contributed by atoms with van der Waals surface area (Å²) in [7, 11) is 0. The van der Waals surface area contributed by atoms with Gasteiger partial charge in [-0.3, -0.25) is 9.59 Å². The molecule has 0 aliphatic carbocycles. The molecule has 0 saturated heterocycles. The lowest BCUT2D eigenvalue weighted by Gasteiger charge is -2.24. The molecule has 2 heterocycles. The van der Waals surface area contributed by atoms with E-state index in [1.165, 1.54) is 19.3 Å². The summed E-state index contributed by atoms with van der Waals surface area (Å²) in [4.78, 5) is 36.0. The number of hydrogen-bond acceptors (Lipinski definition) is 5. The van der Waals surface area contributed by atoms with Crippen LogP contribution in [0.3, 0.4) is 0 Å². The number of amides is 2. The van der Waals surface area contributed by atoms with E-state index in [4.69, 9.17) is 4.42 Å². The standard InChI is InChI=1S/C16H18N2O5S/c1-4-16(3,15(21)22)18-14(20)12-9(2)8-11(24-12)17-13(19)10-6-5-7-23-10/h5-8H,4H2,1-3H3,(H,17,19)(H,18,20)(H,21,22). The van der Waals surface area contributed by atoms with Crippen molar-refractivity contribution in [3.8, 4) is 0 Å². The number of carboxylic acids is 1. The molecule has 0 aliphatic rings. The van der Waals surface area contributed by atoms with Crippen LogP contribution < -0.4 is 10.6 Å². The van der Waals surface area contributed by atoms with Gasteiger partial charge in [-0.2, -0.15) is 0 Å². The van der Waals surface area contributed by atoms with Crippen LogP contribution in [0.1, 0.15) is 46.1 Å². The molecule has 0 bridgehead atoms. The number of furan rings is 1. The summed E-state index contributed by atoms with van der Waals surface area (Å²) >= 11 is 1.08. The average molecular weight is 350 g/mol. The monoisotopic (exact) mass is 350 g/mol. The summed E-state index contributed by atoms with van der Waals surface area (Å²) in [6.45, 7) is 4.86. The van der Waals surface area contributed by atoms with Crippen molar-refractivity contribution in [1.29, 1.82) is 0 Å². The predicted octanol–water partition coefficient (Wildman–Crippen LogP) is 2.88.